The molecule has 2 amide bonds. The van der Waals surface area contributed by atoms with Gasteiger partial charge in [-0.1, -0.05) is 61.3 Å². The first-order chi connectivity index (χ1) is 50.1. The Kier molecular flexibility index (Phi) is 88.4. The monoisotopic (exact) mass is 2640 g/mol. The van der Waals surface area contributed by atoms with Crippen LogP contribution in [0, 0.1) is 11.8 Å². The number of amides is 2. The maximum atomic E-state index is 13.5. The van der Waals surface area contributed by atoms with Crippen LogP contribution in [0.15, 0.2) is 48.5 Å². The highest BCUT2D eigenvalue weighted by Crippen LogP contribution is 2.34. The van der Waals surface area contributed by atoms with Crippen LogP contribution < -0.4 is 0 Å². The lowest BCUT2D eigenvalue weighted by Crippen LogP contribution is -2.58. The van der Waals surface area contributed by atoms with E-state index < -0.39 is 0 Å². The Morgan fingerprint density at radius 3 is 0.765 bits per heavy atom. The number of benzene rings is 2. The van der Waals surface area contributed by atoms with Crippen molar-refractivity contribution >= 4 is 626 Å². The van der Waals surface area contributed by atoms with Gasteiger partial charge in [0.1, 0.15) is 0 Å². The summed E-state index contributed by atoms with van der Waals surface area (Å²) in [4.78, 5) is 31.6. The van der Waals surface area contributed by atoms with Crippen molar-refractivity contribution in [1.29, 1.82) is 0 Å². The van der Waals surface area contributed by atoms with Crippen molar-refractivity contribution in [1.82, 2.24) is 14.7 Å². The molecule has 2 aromatic carbocycles. The van der Waals surface area contributed by atoms with Gasteiger partial charge in [-0.2, -0.15) is 0 Å². The molecule has 0 aliphatic carbocycles. The smallest absolute Gasteiger partial charge is 0.223 e. The molecule has 2 saturated heterocycles. The van der Waals surface area contributed by atoms with Gasteiger partial charge in [-0.05, 0) is 60.1 Å². The number of carbonyl (C=O) groups excluding carboxylic acids is 2. The summed E-state index contributed by atoms with van der Waals surface area (Å²) in [6.07, 6.45) is 2.40. The van der Waals surface area contributed by atoms with Crippen LogP contribution in [0.2, 0.25) is 10.0 Å². The van der Waals surface area contributed by atoms with E-state index in [1.165, 1.54) is 28.9 Å². The van der Waals surface area contributed by atoms with Crippen LogP contribution in [-0.2, 0) is 600 Å². The highest BCUT2D eigenvalue weighted by Gasteiger charge is 2.37. The van der Waals surface area contributed by atoms with E-state index in [0.717, 1.165) is 49.1 Å². The first-order valence-corrected chi connectivity index (χ1v) is 111. The zero-order valence-electron chi connectivity index (χ0n) is 48.4. The van der Waals surface area contributed by atoms with E-state index >= 15 is 0 Å². The SMILES string of the molecule is CC(=O)N1CCC(CC(=O)N2CCN(C(c3ccc(Cl)cc3)c3ccc(Cl)cc3)C[C@H]2C(C)C)CC1.S=S=S=S=S=S=S=S=S=S=S=S=S=S=S=S=S=S=S=S=S=S=S=S=S=S=S=S=S=S=S=S=S=S=S=S=S=S=S=S=S=S=S=S=S=S=S=S=S=S=S=S=S=S=S=S=S=S=S=S=S=S=S=S=S=S. The lowest BCUT2D eigenvalue weighted by atomic mass is 9.90. The fourth-order valence-electron chi connectivity index (χ4n) is 6.37. The van der Waals surface area contributed by atoms with Crippen LogP contribution in [0.25, 0.3) is 0 Å². The molecule has 0 radical (unpaired) electrons. The predicted molar refractivity (Wildman–Crippen MR) is 632 cm³/mol. The number of likely N-dealkylation sites (tertiary alicyclic amines) is 1. The molecule has 2 fully saturated rings. The minimum Gasteiger partial charge on any atom is -0.343 e. The molecule has 0 N–H and O–H groups in total. The third-order valence-electron chi connectivity index (χ3n) is 9.55. The Morgan fingerprint density at radius 2 is 0.569 bits per heavy atom. The van der Waals surface area contributed by atoms with Gasteiger partial charge in [0.2, 0.25) is 11.8 Å². The van der Waals surface area contributed by atoms with Crippen LogP contribution in [0.4, 0.5) is 0 Å². The number of nitrogens with zero attached hydrogens (tertiary/aromatic N) is 3. The number of carbonyl (C=O) groups is 2. The summed E-state index contributed by atoms with van der Waals surface area (Å²) in [6, 6.07) is 16.4. The number of hydrogen-bond donors (Lipinski definition) is 0. The second-order valence-corrected chi connectivity index (χ2v) is 129. The van der Waals surface area contributed by atoms with Gasteiger partial charge in [0.15, 0.2) is 0 Å². The molecule has 0 saturated carbocycles. The Balaban J connectivity index is 0.000000623. The molecule has 73 heteroatoms. The maximum absolute atomic E-state index is 13.5. The standard InChI is InChI=1S/C29H37Cl2N3O2.S66/c1-20(2)27-19-33(16-17-34(27)28(36)18-22-12-14-32(15-13-22)21(3)35)29(23-4-8-25(30)9-5-23)24-6-10-26(31)11-7-24;1-3-5-7-9-11-13-15-17-19-21-23-25-27-29-31-33-35-37-39-41-43-45-47-49-51-53-55-57-59-61-63-65-66-64-62-60-58-56-54-52-50-48-46-44-42-40-38-36-34-32-30-28-26-24-22-20-18-16-14-12-10-8-6-4-2/h4-11,20,22,27,29H,12-19H2,1-3H3;/t27-;/m0./s1. The van der Waals surface area contributed by atoms with Crippen molar-refractivity contribution in [2.45, 2.75) is 52.1 Å². The third kappa shape index (κ3) is 65.1. The molecule has 2 aliphatic rings. The van der Waals surface area contributed by atoms with Crippen molar-refractivity contribution in [2.24, 2.45) is 11.8 Å². The van der Waals surface area contributed by atoms with E-state index in [0.29, 0.717) is 24.8 Å². The summed E-state index contributed by atoms with van der Waals surface area (Å²) in [5.74, 6) is 1.08. The third-order valence-corrected chi connectivity index (χ3v) is 150. The second-order valence-electron chi connectivity index (χ2n) is 14.9. The topological polar surface area (TPSA) is 43.9 Å². The highest BCUT2D eigenvalue weighted by atomic mass is 35.5. The van der Waals surface area contributed by atoms with E-state index in [2.05, 4.69) is 47.9 Å². The minimum absolute atomic E-state index is 0.0638. The lowest BCUT2D eigenvalue weighted by Gasteiger charge is -2.47. The predicted octanol–water partition coefficient (Wildman–Crippen LogP) is 5.74. The molecule has 2 aliphatic heterocycles. The molecule has 0 bridgehead atoms. The van der Waals surface area contributed by atoms with Crippen LogP contribution in [0.3, 0.4) is 0 Å². The van der Waals surface area contributed by atoms with Crippen LogP contribution in [-0.4, -0.2) is 65.3 Å². The molecule has 2 aromatic rings. The van der Waals surface area contributed by atoms with Gasteiger partial charge < -0.3 is 9.80 Å². The zero-order chi connectivity index (χ0) is 73.1. The molecule has 5 nitrogen and oxygen atoms in total. The van der Waals surface area contributed by atoms with Gasteiger partial charge in [-0.25, -0.2) is 0 Å². The highest BCUT2D eigenvalue weighted by molar-refractivity contribution is 8.84. The largest absolute Gasteiger partial charge is 0.343 e. The molecule has 2 heterocycles. The molecule has 102 heavy (non-hydrogen) atoms. The summed E-state index contributed by atoms with van der Waals surface area (Å²) in [5, 5.41) is 1.44. The summed E-state index contributed by atoms with van der Waals surface area (Å²) in [5.41, 5.74) is 2.36. The van der Waals surface area contributed by atoms with E-state index in [-0.39, 0.29) is 23.9 Å². The van der Waals surface area contributed by atoms with Gasteiger partial charge in [0.05, 0.1) is 6.04 Å². The molecule has 0 spiro atoms. The maximum Gasteiger partial charge on any atom is 0.223 e. The van der Waals surface area contributed by atoms with Gasteiger partial charge in [0.25, 0.3) is 0 Å². The van der Waals surface area contributed by atoms with Crippen LogP contribution in [0.1, 0.15) is 57.2 Å². The van der Waals surface area contributed by atoms with Crippen molar-refractivity contribution in [3.8, 4) is 0 Å². The number of piperazine rings is 1. The minimum atomic E-state index is 0.0638. The number of piperidine rings is 1. The second kappa shape index (κ2) is 83.0. The summed E-state index contributed by atoms with van der Waals surface area (Å²) >= 11 is 22.0. The van der Waals surface area contributed by atoms with Crippen molar-refractivity contribution < 1.29 is 9.59 Å². The van der Waals surface area contributed by atoms with E-state index in [1.54, 1.807) is 113 Å². The first kappa shape index (κ1) is 109. The normalized spacial score (nSPS) is 12.0. The summed E-state index contributed by atoms with van der Waals surface area (Å²) in [7, 11) is 115. The van der Waals surface area contributed by atoms with E-state index in [9.17, 15) is 9.59 Å². The summed E-state index contributed by atoms with van der Waals surface area (Å²) < 4.78 is 0. The van der Waals surface area contributed by atoms with Gasteiger partial charge in [-0.3, -0.25) is 14.5 Å². The van der Waals surface area contributed by atoms with Crippen molar-refractivity contribution in [2.75, 3.05) is 32.7 Å². The first-order valence-electron chi connectivity index (χ1n) is 23.9. The Bertz CT molecular complexity index is 6200. The van der Waals surface area contributed by atoms with E-state index in [1.807, 2.05) is 473 Å². The van der Waals surface area contributed by atoms with Crippen molar-refractivity contribution in [3.63, 3.8) is 0 Å². The number of hydrogen-bond acceptors (Lipinski definition) is 5. The zero-order valence-corrected chi connectivity index (χ0v) is 104. The fraction of sp³-hybridized carbons (Fsp3) is 0.517. The average Bonchev–Trinajstić information content (AvgIpc) is 0.791. The van der Waals surface area contributed by atoms with Gasteiger partial charge in [-0.15, -0.1) is 0 Å². The summed E-state index contributed by atoms with van der Waals surface area (Å²) in [6.45, 7) is 9.89. The molecule has 4 rings (SSSR count). The Labute approximate surface area is 796 Å². The van der Waals surface area contributed by atoms with Crippen LogP contribution in [0.5, 0.6) is 0 Å². The van der Waals surface area contributed by atoms with Crippen molar-refractivity contribution in [3.05, 3.63) is 69.7 Å². The molecule has 0 unspecified atom stereocenters. The van der Waals surface area contributed by atoms with Gasteiger partial charge >= 0.3 is 0 Å². The Morgan fingerprint density at radius 1 is 0.353 bits per heavy atom. The Hall–Kier alpha value is 12.4. The molecule has 590 valence electrons. The number of rotatable bonds is 6. The lowest BCUT2D eigenvalue weighted by molar-refractivity contribution is -0.139. The number of halogens is 2. The molecular formula is C29H37Cl2N3O2S66. The fourth-order valence-corrected chi connectivity index (χ4v) is 177. The average molecular weight is 2650 g/mol. The van der Waals surface area contributed by atoms with E-state index in [4.69, 9.17) is 45.6 Å². The quantitative estimate of drug-likeness (QED) is 0.370. The van der Waals surface area contributed by atoms with Crippen LogP contribution >= 0.6 is 23.2 Å². The van der Waals surface area contributed by atoms with Gasteiger partial charge in [0, 0.05) is 653 Å². The molecule has 0 aromatic heterocycles. The molecular weight excluding hydrogens is 2610 g/mol. The molecule has 1 atom stereocenters.